The molecule has 1 aromatic carbocycles. The van der Waals surface area contributed by atoms with Crippen LogP contribution in [0.5, 0.6) is 0 Å². The Morgan fingerprint density at radius 2 is 2.11 bits per heavy atom. The van der Waals surface area contributed by atoms with E-state index in [9.17, 15) is 4.79 Å². The summed E-state index contributed by atoms with van der Waals surface area (Å²) in [6, 6.07) is 5.55. The molecule has 0 saturated carbocycles. The molecule has 0 aliphatic carbocycles. The third-order valence-electron chi connectivity index (χ3n) is 2.94. The molecule has 1 rings (SSSR count). The number of carbonyl (C=O) groups excluding carboxylic acids is 1. The van der Waals surface area contributed by atoms with Crippen LogP contribution in [0.4, 0.5) is 0 Å². The maximum Gasteiger partial charge on any atom is 0.252 e. The zero-order chi connectivity index (χ0) is 13.9. The molecule has 1 unspecified atom stereocenters. The number of amides is 1. The first-order valence-electron chi connectivity index (χ1n) is 5.68. The van der Waals surface area contributed by atoms with E-state index < -0.39 is 5.54 Å². The van der Waals surface area contributed by atoms with Gasteiger partial charge in [-0.1, -0.05) is 35.1 Å². The first-order chi connectivity index (χ1) is 8.28. The van der Waals surface area contributed by atoms with Crippen molar-refractivity contribution in [3.8, 4) is 0 Å². The Hall–Kier alpha value is -0.940. The first kappa shape index (κ1) is 15.1. The molecule has 0 spiro atoms. The highest BCUT2D eigenvalue weighted by Gasteiger charge is 2.28. The molecule has 1 amide bonds. The Labute approximate surface area is 121 Å². The molecule has 3 N–H and O–H groups in total. The topological polar surface area (TPSA) is 55.1 Å². The van der Waals surface area contributed by atoms with Crippen LogP contribution < -0.4 is 11.1 Å². The second-order valence-corrected chi connectivity index (χ2v) is 5.88. The second kappa shape index (κ2) is 5.80. The molecule has 0 aliphatic heterocycles. The van der Waals surface area contributed by atoms with Gasteiger partial charge in [-0.2, -0.15) is 0 Å². The number of nitrogens with two attached hydrogens (primary N) is 1. The van der Waals surface area contributed by atoms with Gasteiger partial charge in [-0.15, -0.1) is 0 Å². The van der Waals surface area contributed by atoms with E-state index in [1.807, 2.05) is 32.9 Å². The molecule has 3 nitrogen and oxygen atoms in total. The lowest BCUT2D eigenvalue weighted by atomic mass is 9.98. The number of thiocarbonyl (C=S) groups is 1. The number of carbonyl (C=O) groups is 1. The van der Waals surface area contributed by atoms with Gasteiger partial charge < -0.3 is 11.1 Å². The van der Waals surface area contributed by atoms with Crippen molar-refractivity contribution in [2.75, 3.05) is 0 Å². The molecule has 5 heteroatoms. The number of hydrogen-bond donors (Lipinski definition) is 2. The molecular formula is C13H17BrN2OS. The van der Waals surface area contributed by atoms with Gasteiger partial charge >= 0.3 is 0 Å². The van der Waals surface area contributed by atoms with Crippen molar-refractivity contribution in [1.82, 2.24) is 5.32 Å². The van der Waals surface area contributed by atoms with Gasteiger partial charge in [-0.05, 0) is 44.0 Å². The fraction of sp³-hybridized carbons (Fsp3) is 0.385. The zero-order valence-corrected chi connectivity index (χ0v) is 13.1. The lowest BCUT2D eigenvalue weighted by Gasteiger charge is -2.28. The van der Waals surface area contributed by atoms with Crippen molar-refractivity contribution in [3.63, 3.8) is 0 Å². The Bertz CT molecular complexity index is 470. The SMILES string of the molecule is CCC(C)(NC(=O)c1cc(C)cc(Br)c1)C(N)=S. The highest BCUT2D eigenvalue weighted by molar-refractivity contribution is 9.10. The first-order valence-corrected chi connectivity index (χ1v) is 6.88. The predicted molar refractivity (Wildman–Crippen MR) is 81.8 cm³/mol. The molecule has 0 radical (unpaired) electrons. The van der Waals surface area contributed by atoms with Crippen LogP contribution in [0.2, 0.25) is 0 Å². The lowest BCUT2D eigenvalue weighted by molar-refractivity contribution is 0.0926. The molecule has 1 atom stereocenters. The average Bonchev–Trinajstić information content (AvgIpc) is 2.27. The Morgan fingerprint density at radius 1 is 1.50 bits per heavy atom. The normalized spacial score (nSPS) is 13.8. The summed E-state index contributed by atoms with van der Waals surface area (Å²) >= 11 is 8.38. The van der Waals surface area contributed by atoms with E-state index in [2.05, 4.69) is 21.2 Å². The number of rotatable bonds is 4. The average molecular weight is 329 g/mol. The van der Waals surface area contributed by atoms with Gasteiger partial charge in [-0.3, -0.25) is 4.79 Å². The second-order valence-electron chi connectivity index (χ2n) is 4.52. The standard InChI is InChI=1S/C13H17BrN2OS/c1-4-13(3,12(15)18)16-11(17)9-5-8(2)6-10(14)7-9/h5-7H,4H2,1-3H3,(H2,15,18)(H,16,17). The number of nitrogens with one attached hydrogen (secondary N) is 1. The van der Waals surface area contributed by atoms with Crippen molar-refractivity contribution < 1.29 is 4.79 Å². The van der Waals surface area contributed by atoms with Crippen LogP contribution in [0, 0.1) is 6.92 Å². The summed E-state index contributed by atoms with van der Waals surface area (Å²) in [5.74, 6) is -0.170. The predicted octanol–water partition coefficient (Wildman–Crippen LogP) is 2.94. The minimum absolute atomic E-state index is 0.170. The van der Waals surface area contributed by atoms with Gasteiger partial charge in [0.05, 0.1) is 10.5 Å². The van der Waals surface area contributed by atoms with Crippen LogP contribution in [-0.2, 0) is 0 Å². The Kier molecular flexibility index (Phi) is 4.87. The van der Waals surface area contributed by atoms with E-state index in [1.165, 1.54) is 0 Å². The van der Waals surface area contributed by atoms with Crippen LogP contribution in [0.15, 0.2) is 22.7 Å². The quantitative estimate of drug-likeness (QED) is 0.835. The maximum absolute atomic E-state index is 12.2. The third kappa shape index (κ3) is 3.53. The van der Waals surface area contributed by atoms with E-state index in [4.69, 9.17) is 18.0 Å². The summed E-state index contributed by atoms with van der Waals surface area (Å²) < 4.78 is 0.876. The summed E-state index contributed by atoms with van der Waals surface area (Å²) in [6.07, 6.45) is 0.654. The molecule has 98 valence electrons. The molecular weight excluding hydrogens is 312 g/mol. The molecule has 1 aromatic rings. The molecule has 0 aromatic heterocycles. The summed E-state index contributed by atoms with van der Waals surface area (Å²) in [4.78, 5) is 12.5. The van der Waals surface area contributed by atoms with Crippen molar-refractivity contribution >= 4 is 39.0 Å². The minimum atomic E-state index is -0.650. The molecule has 18 heavy (non-hydrogen) atoms. The highest BCUT2D eigenvalue weighted by atomic mass is 79.9. The van der Waals surface area contributed by atoms with Crippen molar-refractivity contribution in [2.24, 2.45) is 5.73 Å². The van der Waals surface area contributed by atoms with Crippen molar-refractivity contribution in [3.05, 3.63) is 33.8 Å². The minimum Gasteiger partial charge on any atom is -0.391 e. The van der Waals surface area contributed by atoms with Gasteiger partial charge in [0.15, 0.2) is 0 Å². The number of halogens is 1. The molecule has 0 bridgehead atoms. The Morgan fingerprint density at radius 3 is 2.56 bits per heavy atom. The van der Waals surface area contributed by atoms with Crippen molar-refractivity contribution in [2.45, 2.75) is 32.7 Å². The molecule has 0 aliphatic rings. The zero-order valence-electron chi connectivity index (χ0n) is 10.7. The van der Waals surface area contributed by atoms with E-state index in [-0.39, 0.29) is 5.91 Å². The Balaban J connectivity index is 2.98. The molecule has 0 saturated heterocycles. The number of benzene rings is 1. The molecule has 0 heterocycles. The van der Waals surface area contributed by atoms with Crippen LogP contribution >= 0.6 is 28.1 Å². The number of aryl methyl sites for hydroxylation is 1. The van der Waals surface area contributed by atoms with Crippen LogP contribution in [0.3, 0.4) is 0 Å². The van der Waals surface area contributed by atoms with Gasteiger partial charge in [0.2, 0.25) is 0 Å². The lowest BCUT2D eigenvalue weighted by Crippen LogP contribution is -2.54. The third-order valence-corrected chi connectivity index (χ3v) is 3.85. The fourth-order valence-electron chi connectivity index (χ4n) is 1.51. The maximum atomic E-state index is 12.2. The van der Waals surface area contributed by atoms with Crippen LogP contribution in [-0.4, -0.2) is 16.4 Å². The monoisotopic (exact) mass is 328 g/mol. The van der Waals surface area contributed by atoms with Gasteiger partial charge in [-0.25, -0.2) is 0 Å². The van der Waals surface area contributed by atoms with Crippen LogP contribution in [0.1, 0.15) is 36.2 Å². The smallest absolute Gasteiger partial charge is 0.252 e. The van der Waals surface area contributed by atoms with E-state index >= 15 is 0 Å². The van der Waals surface area contributed by atoms with Gasteiger partial charge in [0.25, 0.3) is 5.91 Å². The highest BCUT2D eigenvalue weighted by Crippen LogP contribution is 2.17. The van der Waals surface area contributed by atoms with Crippen molar-refractivity contribution in [1.29, 1.82) is 0 Å². The summed E-state index contributed by atoms with van der Waals surface area (Å²) in [6.45, 7) is 5.71. The summed E-state index contributed by atoms with van der Waals surface area (Å²) in [5, 5.41) is 2.89. The van der Waals surface area contributed by atoms with Gasteiger partial charge in [0.1, 0.15) is 0 Å². The summed E-state index contributed by atoms with van der Waals surface area (Å²) in [7, 11) is 0. The number of hydrogen-bond acceptors (Lipinski definition) is 2. The van der Waals surface area contributed by atoms with Gasteiger partial charge in [0, 0.05) is 10.0 Å². The fourth-order valence-corrected chi connectivity index (χ4v) is 2.32. The van der Waals surface area contributed by atoms with E-state index in [0.717, 1.165) is 10.0 Å². The van der Waals surface area contributed by atoms with Crippen LogP contribution in [0.25, 0.3) is 0 Å². The van der Waals surface area contributed by atoms with E-state index in [0.29, 0.717) is 17.0 Å². The van der Waals surface area contributed by atoms with E-state index in [1.54, 1.807) is 6.07 Å². The molecule has 0 fully saturated rings. The summed E-state index contributed by atoms with van der Waals surface area (Å²) in [5.41, 5.74) is 6.64. The largest absolute Gasteiger partial charge is 0.391 e.